The number of nitrogens with one attached hydrogen (secondary N) is 1. The smallest absolute Gasteiger partial charge is 0.347 e. The summed E-state index contributed by atoms with van der Waals surface area (Å²) in [6.45, 7) is 8.43. The molecular formula is C38H48Cl4N2O8. The Morgan fingerprint density at radius 3 is 2.21 bits per heavy atom. The fourth-order valence-corrected chi connectivity index (χ4v) is 5.03. The molecule has 4 atom stereocenters. The maximum Gasteiger partial charge on any atom is 0.347 e. The molecule has 2 aromatic rings. The summed E-state index contributed by atoms with van der Waals surface area (Å²) < 4.78 is 20.1. The number of rotatable bonds is 19. The van der Waals surface area contributed by atoms with Gasteiger partial charge in [0.05, 0.1) is 17.5 Å². The minimum absolute atomic E-state index is 0.000456. The van der Waals surface area contributed by atoms with Crippen LogP contribution in [-0.2, 0) is 39.8 Å². The normalized spacial score (nSPS) is 14.5. The molecule has 0 aliphatic carbocycles. The number of esters is 3. The molecule has 2 aromatic carbocycles. The molecule has 14 heteroatoms. The van der Waals surface area contributed by atoms with Crippen LogP contribution in [-0.4, -0.2) is 66.1 Å². The monoisotopic (exact) mass is 800 g/mol. The fraction of sp³-hybridized carbons (Fsp3) is 0.474. The van der Waals surface area contributed by atoms with Crippen LogP contribution in [0.5, 0.6) is 5.75 Å². The maximum atomic E-state index is 13.6. The highest BCUT2D eigenvalue weighted by Gasteiger charge is 2.35. The van der Waals surface area contributed by atoms with Gasteiger partial charge in [-0.25, -0.2) is 9.59 Å². The lowest BCUT2D eigenvalue weighted by Gasteiger charge is -2.27. The predicted octanol–water partition coefficient (Wildman–Crippen LogP) is 7.44. The van der Waals surface area contributed by atoms with Crippen molar-refractivity contribution in [3.8, 4) is 5.75 Å². The van der Waals surface area contributed by atoms with Crippen molar-refractivity contribution in [1.29, 1.82) is 0 Å². The number of alkyl halides is 3. The van der Waals surface area contributed by atoms with Gasteiger partial charge in [-0.2, -0.15) is 0 Å². The average molecular weight is 803 g/mol. The van der Waals surface area contributed by atoms with E-state index in [2.05, 4.69) is 5.32 Å². The van der Waals surface area contributed by atoms with E-state index in [1.165, 1.54) is 19.3 Å². The number of amides is 1. The second-order valence-electron chi connectivity index (χ2n) is 13.3. The highest BCUT2D eigenvalue weighted by Crippen LogP contribution is 2.28. The molecule has 0 bridgehead atoms. The summed E-state index contributed by atoms with van der Waals surface area (Å²) in [6.07, 6.45) is 4.94. The summed E-state index contributed by atoms with van der Waals surface area (Å²) in [7, 11) is 1.47. The highest BCUT2D eigenvalue weighted by molar-refractivity contribution is 6.67. The second-order valence-corrected chi connectivity index (χ2v) is 16.2. The van der Waals surface area contributed by atoms with Gasteiger partial charge in [-0.05, 0) is 55.5 Å². The van der Waals surface area contributed by atoms with Gasteiger partial charge in [-0.3, -0.25) is 9.59 Å². The van der Waals surface area contributed by atoms with Crippen molar-refractivity contribution < 1.29 is 38.1 Å². The first-order valence-electron chi connectivity index (χ1n) is 16.7. The van der Waals surface area contributed by atoms with Crippen molar-refractivity contribution in [2.24, 2.45) is 23.0 Å². The van der Waals surface area contributed by atoms with E-state index in [1.807, 2.05) is 63.3 Å². The van der Waals surface area contributed by atoms with Crippen LogP contribution in [0.4, 0.5) is 0 Å². The number of benzene rings is 2. The van der Waals surface area contributed by atoms with E-state index in [1.54, 1.807) is 32.0 Å². The molecule has 0 spiro atoms. The number of hydrogen-bond donors (Lipinski definition) is 2. The van der Waals surface area contributed by atoms with E-state index < -0.39 is 57.9 Å². The zero-order chi connectivity index (χ0) is 39.1. The van der Waals surface area contributed by atoms with Gasteiger partial charge in [0, 0.05) is 25.3 Å². The van der Waals surface area contributed by atoms with Gasteiger partial charge in [0.25, 0.3) is 0 Å². The molecule has 286 valence electrons. The summed E-state index contributed by atoms with van der Waals surface area (Å²) in [4.78, 5) is 52.6. The lowest BCUT2D eigenvalue weighted by Crippen LogP contribution is -2.43. The summed E-state index contributed by atoms with van der Waals surface area (Å²) in [5.74, 6) is -2.69. The Bertz CT molecular complexity index is 1540. The first-order valence-corrected chi connectivity index (χ1v) is 18.2. The van der Waals surface area contributed by atoms with E-state index in [9.17, 15) is 19.2 Å². The maximum absolute atomic E-state index is 13.6. The van der Waals surface area contributed by atoms with Crippen molar-refractivity contribution >= 4 is 76.3 Å². The Morgan fingerprint density at radius 2 is 1.63 bits per heavy atom. The van der Waals surface area contributed by atoms with E-state index in [0.29, 0.717) is 16.3 Å². The zero-order valence-corrected chi connectivity index (χ0v) is 33.2. The van der Waals surface area contributed by atoms with Crippen LogP contribution in [0.15, 0.2) is 66.8 Å². The molecule has 0 saturated carbocycles. The van der Waals surface area contributed by atoms with Crippen LogP contribution in [0.1, 0.15) is 58.6 Å². The molecule has 0 aromatic heterocycles. The Labute approximate surface area is 326 Å². The molecule has 10 nitrogen and oxygen atoms in total. The van der Waals surface area contributed by atoms with Crippen molar-refractivity contribution in [1.82, 2.24) is 5.32 Å². The predicted molar refractivity (Wildman–Crippen MR) is 205 cm³/mol. The van der Waals surface area contributed by atoms with Crippen LogP contribution in [0.3, 0.4) is 0 Å². The fourth-order valence-electron chi connectivity index (χ4n) is 4.59. The standard InChI is InChI=1S/C38H48Cl4N2O8/c1-24(2)19-32(52-36(48)37(4,5)22-43)35(47)51-30(25(3)15-16-26-11-8-7-9-12-26)13-10-14-33(45)44-29(34(46)50-23-38(40,41)42)21-27-17-18-31(49-6)28(39)20-27/h7-12,14-18,20,24-25,29-30,32H,13,19,21-23,43H2,1-6H3,(H,44,45)/b14-10+,16-15+/t25-,29-,30+,32+/m1/s1. The lowest BCUT2D eigenvalue weighted by atomic mass is 9.94. The molecule has 52 heavy (non-hydrogen) atoms. The van der Waals surface area contributed by atoms with E-state index in [-0.39, 0.29) is 37.6 Å². The molecule has 0 aliphatic heterocycles. The Balaban J connectivity index is 2.30. The molecule has 0 aliphatic rings. The van der Waals surface area contributed by atoms with Crippen LogP contribution in [0.2, 0.25) is 5.02 Å². The topological polar surface area (TPSA) is 143 Å². The molecule has 2 rings (SSSR count). The van der Waals surface area contributed by atoms with Gasteiger partial charge in [-0.1, -0.05) is 122 Å². The van der Waals surface area contributed by atoms with Crippen LogP contribution in [0, 0.1) is 17.3 Å². The highest BCUT2D eigenvalue weighted by atomic mass is 35.6. The third kappa shape index (κ3) is 16.2. The number of carbonyl (C=O) groups is 4. The Kier molecular flexibility index (Phi) is 18.5. The van der Waals surface area contributed by atoms with Gasteiger partial charge in [0.2, 0.25) is 9.70 Å². The number of hydrogen-bond acceptors (Lipinski definition) is 9. The number of ether oxygens (including phenoxy) is 4. The third-order valence-corrected chi connectivity index (χ3v) is 8.40. The largest absolute Gasteiger partial charge is 0.495 e. The molecule has 3 N–H and O–H groups in total. The van der Waals surface area contributed by atoms with E-state index in [4.69, 9.17) is 71.1 Å². The quantitative estimate of drug-likeness (QED) is 0.0642. The minimum Gasteiger partial charge on any atom is -0.495 e. The number of methoxy groups -OCH3 is 1. The molecule has 0 unspecified atom stereocenters. The van der Waals surface area contributed by atoms with Crippen molar-refractivity contribution in [3.63, 3.8) is 0 Å². The van der Waals surface area contributed by atoms with Crippen LogP contribution < -0.4 is 15.8 Å². The van der Waals surface area contributed by atoms with Crippen molar-refractivity contribution in [2.75, 3.05) is 20.3 Å². The summed E-state index contributed by atoms with van der Waals surface area (Å²) in [5.41, 5.74) is 6.30. The molecule has 0 fully saturated rings. The first-order chi connectivity index (χ1) is 24.3. The van der Waals surface area contributed by atoms with Crippen LogP contribution >= 0.6 is 46.4 Å². The van der Waals surface area contributed by atoms with Gasteiger partial charge in [0.15, 0.2) is 6.10 Å². The zero-order valence-electron chi connectivity index (χ0n) is 30.2. The number of nitrogens with two attached hydrogens (primary N) is 1. The first kappa shape index (κ1) is 44.9. The lowest BCUT2D eigenvalue weighted by molar-refractivity contribution is -0.178. The van der Waals surface area contributed by atoms with Gasteiger partial charge >= 0.3 is 17.9 Å². The minimum atomic E-state index is -1.86. The van der Waals surface area contributed by atoms with Gasteiger partial charge in [0.1, 0.15) is 24.5 Å². The Morgan fingerprint density at radius 1 is 0.962 bits per heavy atom. The third-order valence-electron chi connectivity index (χ3n) is 7.78. The average Bonchev–Trinajstić information content (AvgIpc) is 3.08. The molecule has 0 heterocycles. The van der Waals surface area contributed by atoms with E-state index >= 15 is 0 Å². The molecule has 1 amide bonds. The second kappa shape index (κ2) is 21.4. The number of halogens is 4. The summed E-state index contributed by atoms with van der Waals surface area (Å²) in [5, 5.41) is 2.94. The van der Waals surface area contributed by atoms with Gasteiger partial charge in [-0.15, -0.1) is 0 Å². The number of carbonyl (C=O) groups excluding carboxylic acids is 4. The van der Waals surface area contributed by atoms with Crippen LogP contribution in [0.25, 0.3) is 6.08 Å². The molecule has 0 saturated heterocycles. The van der Waals surface area contributed by atoms with Crippen molar-refractivity contribution in [3.05, 3.63) is 82.9 Å². The van der Waals surface area contributed by atoms with E-state index in [0.717, 1.165) is 5.56 Å². The van der Waals surface area contributed by atoms with Crippen molar-refractivity contribution in [2.45, 2.75) is 75.9 Å². The van der Waals surface area contributed by atoms with Gasteiger partial charge < -0.3 is 30.0 Å². The summed E-state index contributed by atoms with van der Waals surface area (Å²) in [6, 6.07) is 13.3. The SMILES string of the molecule is COc1ccc(C[C@@H](NC(=O)/C=C/C[C@H](OC(=O)[C@H](CC(C)C)OC(=O)C(C)(C)CN)[C@H](C)/C=C/c2ccccc2)C(=O)OCC(Cl)(Cl)Cl)cc1Cl. The summed E-state index contributed by atoms with van der Waals surface area (Å²) >= 11 is 23.6. The molecule has 0 radical (unpaired) electrons. The molecular weight excluding hydrogens is 754 g/mol. The Hall–Kier alpha value is -3.28.